The van der Waals surface area contributed by atoms with Crippen molar-refractivity contribution < 1.29 is 19.4 Å². The highest BCUT2D eigenvalue weighted by atomic mass is 16.5. The first kappa shape index (κ1) is 17.7. The molecular weight excluding hydrogens is 308 g/mol. The van der Waals surface area contributed by atoms with Gasteiger partial charge in [0.2, 0.25) is 0 Å². The molecule has 1 aromatic carbocycles. The van der Waals surface area contributed by atoms with Crippen LogP contribution in [0.25, 0.3) is 5.69 Å². The minimum Gasteiger partial charge on any atom is -0.479 e. The number of aryl methyl sites for hydroxylation is 3. The van der Waals surface area contributed by atoms with Gasteiger partial charge in [-0.05, 0) is 45.0 Å². The van der Waals surface area contributed by atoms with Gasteiger partial charge >= 0.3 is 5.97 Å². The minimum atomic E-state index is -1.11. The number of aromatic nitrogens is 1. The standard InChI is InChI=1S/C18H22N2O4/c1-11-5-8-15(20-12(2)6-7-13(20)3)14(9-11)17(21)19-10-16(24-4)18(22)23/h5-9,16H,10H2,1-4H3,(H,19,21)(H,22,23). The molecule has 0 aliphatic rings. The molecule has 1 atom stereocenters. The molecule has 0 radical (unpaired) electrons. The molecule has 1 amide bonds. The Balaban J connectivity index is 2.34. The number of nitrogens with zero attached hydrogens (tertiary/aromatic N) is 1. The zero-order chi connectivity index (χ0) is 17.9. The second-order valence-corrected chi connectivity index (χ2v) is 5.74. The summed E-state index contributed by atoms with van der Waals surface area (Å²) in [5.41, 5.74) is 4.25. The fourth-order valence-electron chi connectivity index (χ4n) is 2.63. The second kappa shape index (κ2) is 7.31. The average Bonchev–Trinajstić information content (AvgIpc) is 2.86. The van der Waals surface area contributed by atoms with Crippen LogP contribution in [0.5, 0.6) is 0 Å². The third-order valence-corrected chi connectivity index (χ3v) is 3.92. The van der Waals surface area contributed by atoms with Crippen LogP contribution in [0.3, 0.4) is 0 Å². The molecular formula is C18H22N2O4. The van der Waals surface area contributed by atoms with Crippen molar-refractivity contribution in [3.05, 3.63) is 52.8 Å². The average molecular weight is 330 g/mol. The summed E-state index contributed by atoms with van der Waals surface area (Å²) in [5, 5.41) is 11.6. The summed E-state index contributed by atoms with van der Waals surface area (Å²) >= 11 is 0. The van der Waals surface area contributed by atoms with Gasteiger partial charge in [-0.1, -0.05) is 11.6 Å². The predicted octanol–water partition coefficient (Wildman–Crippen LogP) is 2.23. The van der Waals surface area contributed by atoms with E-state index in [0.717, 1.165) is 22.6 Å². The third kappa shape index (κ3) is 3.65. The molecule has 0 aliphatic carbocycles. The molecule has 0 saturated carbocycles. The highest BCUT2D eigenvalue weighted by Gasteiger charge is 2.20. The van der Waals surface area contributed by atoms with Crippen molar-refractivity contribution in [1.29, 1.82) is 0 Å². The van der Waals surface area contributed by atoms with Crippen LogP contribution in [0.4, 0.5) is 0 Å². The van der Waals surface area contributed by atoms with Crippen LogP contribution in [0.1, 0.15) is 27.3 Å². The van der Waals surface area contributed by atoms with Crippen molar-refractivity contribution in [3.8, 4) is 5.69 Å². The summed E-state index contributed by atoms with van der Waals surface area (Å²) in [6, 6.07) is 9.62. The van der Waals surface area contributed by atoms with E-state index < -0.39 is 12.1 Å². The van der Waals surface area contributed by atoms with Crippen molar-refractivity contribution in [2.45, 2.75) is 26.9 Å². The van der Waals surface area contributed by atoms with Gasteiger partial charge in [0.25, 0.3) is 5.91 Å². The number of aliphatic carboxylic acids is 1. The Labute approximate surface area is 141 Å². The van der Waals surface area contributed by atoms with Crippen molar-refractivity contribution in [2.75, 3.05) is 13.7 Å². The molecule has 2 rings (SSSR count). The van der Waals surface area contributed by atoms with Crippen molar-refractivity contribution in [1.82, 2.24) is 9.88 Å². The van der Waals surface area contributed by atoms with E-state index in [0.29, 0.717) is 5.56 Å². The van der Waals surface area contributed by atoms with Gasteiger partial charge in [-0.3, -0.25) is 4.79 Å². The van der Waals surface area contributed by atoms with E-state index >= 15 is 0 Å². The molecule has 1 heterocycles. The summed E-state index contributed by atoms with van der Waals surface area (Å²) in [6.45, 7) is 5.76. The summed E-state index contributed by atoms with van der Waals surface area (Å²) in [5.74, 6) is -1.44. The molecule has 2 aromatic rings. The second-order valence-electron chi connectivity index (χ2n) is 5.74. The molecule has 1 aromatic heterocycles. The number of carbonyl (C=O) groups excluding carboxylic acids is 1. The Morgan fingerprint density at radius 3 is 2.33 bits per heavy atom. The lowest BCUT2D eigenvalue weighted by Gasteiger charge is -2.17. The van der Waals surface area contributed by atoms with Gasteiger partial charge in [0.15, 0.2) is 6.10 Å². The lowest BCUT2D eigenvalue weighted by atomic mass is 10.1. The molecule has 0 fully saturated rings. The molecule has 0 bridgehead atoms. The smallest absolute Gasteiger partial charge is 0.334 e. The number of ether oxygens (including phenoxy) is 1. The quantitative estimate of drug-likeness (QED) is 0.851. The van der Waals surface area contributed by atoms with Gasteiger partial charge in [-0.25, -0.2) is 4.79 Å². The molecule has 6 heteroatoms. The van der Waals surface area contributed by atoms with Gasteiger partial charge in [0, 0.05) is 18.5 Å². The lowest BCUT2D eigenvalue weighted by Crippen LogP contribution is -2.38. The maximum atomic E-state index is 12.6. The number of hydrogen-bond acceptors (Lipinski definition) is 3. The molecule has 0 aliphatic heterocycles. The number of carboxylic acids is 1. The number of carbonyl (C=O) groups is 2. The van der Waals surface area contributed by atoms with E-state index in [1.165, 1.54) is 7.11 Å². The maximum Gasteiger partial charge on any atom is 0.334 e. The van der Waals surface area contributed by atoms with E-state index in [4.69, 9.17) is 9.84 Å². The van der Waals surface area contributed by atoms with Gasteiger partial charge in [0.1, 0.15) is 0 Å². The van der Waals surface area contributed by atoms with Gasteiger partial charge in [-0.2, -0.15) is 0 Å². The Morgan fingerprint density at radius 1 is 1.17 bits per heavy atom. The Hall–Kier alpha value is -2.60. The minimum absolute atomic E-state index is 0.0955. The van der Waals surface area contributed by atoms with E-state index in [2.05, 4.69) is 5.32 Å². The number of benzene rings is 1. The Bertz CT molecular complexity index is 745. The highest BCUT2D eigenvalue weighted by molar-refractivity contribution is 5.98. The van der Waals surface area contributed by atoms with E-state index in [9.17, 15) is 9.59 Å². The van der Waals surface area contributed by atoms with Crippen molar-refractivity contribution in [3.63, 3.8) is 0 Å². The van der Waals surface area contributed by atoms with E-state index in [1.54, 1.807) is 6.07 Å². The van der Waals surface area contributed by atoms with Crippen LogP contribution < -0.4 is 5.32 Å². The van der Waals surface area contributed by atoms with Crippen LogP contribution >= 0.6 is 0 Å². The zero-order valence-corrected chi connectivity index (χ0v) is 14.3. The van der Waals surface area contributed by atoms with Gasteiger partial charge < -0.3 is 19.7 Å². The highest BCUT2D eigenvalue weighted by Crippen LogP contribution is 2.21. The van der Waals surface area contributed by atoms with Gasteiger partial charge in [-0.15, -0.1) is 0 Å². The number of methoxy groups -OCH3 is 1. The molecule has 6 nitrogen and oxygen atoms in total. The summed E-state index contributed by atoms with van der Waals surface area (Å²) in [7, 11) is 1.30. The number of carboxylic acid groups (broad SMARTS) is 1. The van der Waals surface area contributed by atoms with Crippen LogP contribution in [0.15, 0.2) is 30.3 Å². The largest absolute Gasteiger partial charge is 0.479 e. The van der Waals surface area contributed by atoms with Crippen LogP contribution in [0.2, 0.25) is 0 Å². The Morgan fingerprint density at radius 2 is 1.79 bits per heavy atom. The van der Waals surface area contributed by atoms with Crippen LogP contribution in [0, 0.1) is 20.8 Å². The number of hydrogen-bond donors (Lipinski definition) is 2. The molecule has 0 saturated heterocycles. The normalized spacial score (nSPS) is 12.0. The summed E-state index contributed by atoms with van der Waals surface area (Å²) in [4.78, 5) is 23.6. The monoisotopic (exact) mass is 330 g/mol. The zero-order valence-electron chi connectivity index (χ0n) is 14.3. The molecule has 24 heavy (non-hydrogen) atoms. The maximum absolute atomic E-state index is 12.6. The molecule has 2 N–H and O–H groups in total. The fraction of sp³-hybridized carbons (Fsp3) is 0.333. The first-order chi connectivity index (χ1) is 11.3. The van der Waals surface area contributed by atoms with E-state index in [-0.39, 0.29) is 12.5 Å². The number of rotatable bonds is 6. The van der Waals surface area contributed by atoms with Crippen LogP contribution in [-0.2, 0) is 9.53 Å². The number of amides is 1. The van der Waals surface area contributed by atoms with Crippen LogP contribution in [-0.4, -0.2) is 41.3 Å². The summed E-state index contributed by atoms with van der Waals surface area (Å²) < 4.78 is 6.84. The Kier molecular flexibility index (Phi) is 5.41. The molecule has 1 unspecified atom stereocenters. The fourth-order valence-corrected chi connectivity index (χ4v) is 2.63. The van der Waals surface area contributed by atoms with Gasteiger partial charge in [0.05, 0.1) is 17.8 Å². The molecule has 0 spiro atoms. The topological polar surface area (TPSA) is 80.6 Å². The first-order valence-electron chi connectivity index (χ1n) is 7.65. The molecule has 128 valence electrons. The van der Waals surface area contributed by atoms with Crippen molar-refractivity contribution >= 4 is 11.9 Å². The summed E-state index contributed by atoms with van der Waals surface area (Å²) in [6.07, 6.45) is -1.07. The third-order valence-electron chi connectivity index (χ3n) is 3.92. The SMILES string of the molecule is COC(CNC(=O)c1cc(C)ccc1-n1c(C)ccc1C)C(=O)O. The predicted molar refractivity (Wildman–Crippen MR) is 90.7 cm³/mol. The number of nitrogens with one attached hydrogen (secondary N) is 1. The van der Waals surface area contributed by atoms with E-state index in [1.807, 2.05) is 49.6 Å². The lowest BCUT2D eigenvalue weighted by molar-refractivity contribution is -0.148. The van der Waals surface area contributed by atoms with Crippen molar-refractivity contribution in [2.24, 2.45) is 0 Å². The first-order valence-corrected chi connectivity index (χ1v) is 7.65.